The van der Waals surface area contributed by atoms with Crippen molar-refractivity contribution in [3.63, 3.8) is 0 Å². The lowest BCUT2D eigenvalue weighted by atomic mass is 10.0. The van der Waals surface area contributed by atoms with E-state index in [1.165, 1.54) is 24.0 Å². The fourth-order valence-electron chi connectivity index (χ4n) is 4.32. The summed E-state index contributed by atoms with van der Waals surface area (Å²) >= 11 is 0. The summed E-state index contributed by atoms with van der Waals surface area (Å²) in [4.78, 5) is 29.6. The molecule has 1 aliphatic heterocycles. The van der Waals surface area contributed by atoms with Crippen LogP contribution in [0.2, 0.25) is 0 Å². The van der Waals surface area contributed by atoms with Crippen LogP contribution in [0.5, 0.6) is 0 Å². The van der Waals surface area contributed by atoms with Gasteiger partial charge in [-0.15, -0.1) is 0 Å². The average Bonchev–Trinajstić information content (AvgIpc) is 2.99. The molecule has 1 aromatic rings. The summed E-state index contributed by atoms with van der Waals surface area (Å²) in [5, 5.41) is 5.85. The molecular formula is C23H36N4O2. The molecular weight excluding hydrogens is 364 g/mol. The molecule has 0 aromatic heterocycles. The van der Waals surface area contributed by atoms with E-state index in [1.807, 2.05) is 0 Å². The third-order valence-electron chi connectivity index (χ3n) is 6.29. The molecule has 1 aromatic carbocycles. The number of nitrogens with one attached hydrogen (secondary N) is 2. The normalized spacial score (nSPS) is 20.6. The fourth-order valence-corrected chi connectivity index (χ4v) is 4.32. The number of piperazine rings is 1. The van der Waals surface area contributed by atoms with E-state index in [2.05, 4.69) is 58.7 Å². The molecule has 2 aliphatic rings. The molecule has 1 saturated carbocycles. The maximum atomic E-state index is 12.5. The number of benzene rings is 1. The van der Waals surface area contributed by atoms with Crippen molar-refractivity contribution in [2.24, 2.45) is 0 Å². The summed E-state index contributed by atoms with van der Waals surface area (Å²) < 4.78 is 0. The summed E-state index contributed by atoms with van der Waals surface area (Å²) in [7, 11) is 2.14. The van der Waals surface area contributed by atoms with Crippen LogP contribution in [0.4, 0.5) is 0 Å². The van der Waals surface area contributed by atoms with E-state index in [0.29, 0.717) is 6.54 Å². The summed E-state index contributed by atoms with van der Waals surface area (Å²) in [6.07, 6.45) is 6.67. The largest absolute Gasteiger partial charge is 0.346 e. The third kappa shape index (κ3) is 6.54. The molecule has 0 radical (unpaired) electrons. The van der Waals surface area contributed by atoms with Crippen molar-refractivity contribution in [1.82, 2.24) is 20.4 Å². The van der Waals surface area contributed by atoms with E-state index in [1.54, 1.807) is 0 Å². The number of amides is 2. The van der Waals surface area contributed by atoms with Gasteiger partial charge in [0, 0.05) is 38.8 Å². The van der Waals surface area contributed by atoms with Gasteiger partial charge in [-0.1, -0.05) is 55.5 Å². The lowest BCUT2D eigenvalue weighted by Crippen LogP contribution is -2.50. The van der Waals surface area contributed by atoms with Crippen LogP contribution < -0.4 is 10.6 Å². The van der Waals surface area contributed by atoms with Crippen molar-refractivity contribution in [3.8, 4) is 0 Å². The van der Waals surface area contributed by atoms with E-state index < -0.39 is 11.8 Å². The zero-order chi connectivity index (χ0) is 20.6. The zero-order valence-electron chi connectivity index (χ0n) is 18.0. The van der Waals surface area contributed by atoms with Crippen LogP contribution in [0.1, 0.15) is 55.7 Å². The standard InChI is InChI=1S/C23H36N4O2/c1-18-9-11-19(12-10-18)21(27-15-13-26(2)14-16-27)17-24-22(28)23(29)25-20-7-5-3-4-6-8-20/h9-12,20-21H,3-8,13-17H2,1-2H3,(H,24,28)(H,25,29). The van der Waals surface area contributed by atoms with Gasteiger partial charge in [-0.2, -0.15) is 0 Å². The molecule has 1 heterocycles. The third-order valence-corrected chi connectivity index (χ3v) is 6.29. The van der Waals surface area contributed by atoms with Crippen LogP contribution >= 0.6 is 0 Å². The first-order valence-electron chi connectivity index (χ1n) is 11.1. The number of aryl methyl sites for hydroxylation is 1. The fraction of sp³-hybridized carbons (Fsp3) is 0.652. The molecule has 1 unspecified atom stereocenters. The number of hydrogen-bond acceptors (Lipinski definition) is 4. The first kappa shape index (κ1) is 21.8. The van der Waals surface area contributed by atoms with Gasteiger partial charge >= 0.3 is 11.8 Å². The highest BCUT2D eigenvalue weighted by molar-refractivity contribution is 6.35. The van der Waals surface area contributed by atoms with Gasteiger partial charge < -0.3 is 15.5 Å². The Labute approximate surface area is 175 Å². The molecule has 2 N–H and O–H groups in total. The quantitative estimate of drug-likeness (QED) is 0.588. The summed E-state index contributed by atoms with van der Waals surface area (Å²) in [5.74, 6) is -1.00. The van der Waals surface area contributed by atoms with Gasteiger partial charge in [0.05, 0.1) is 6.04 Å². The highest BCUT2D eigenvalue weighted by Crippen LogP contribution is 2.22. The van der Waals surface area contributed by atoms with Gasteiger partial charge in [0.15, 0.2) is 0 Å². The molecule has 3 rings (SSSR count). The van der Waals surface area contributed by atoms with Crippen LogP contribution in [-0.4, -0.2) is 67.4 Å². The lowest BCUT2D eigenvalue weighted by Gasteiger charge is -2.38. The van der Waals surface area contributed by atoms with Gasteiger partial charge in [-0.25, -0.2) is 0 Å². The predicted molar refractivity (Wildman–Crippen MR) is 116 cm³/mol. The van der Waals surface area contributed by atoms with Crippen LogP contribution in [0.15, 0.2) is 24.3 Å². The molecule has 160 valence electrons. The lowest BCUT2D eigenvalue weighted by molar-refractivity contribution is -0.139. The van der Waals surface area contributed by atoms with E-state index in [9.17, 15) is 9.59 Å². The Morgan fingerprint density at radius 1 is 0.966 bits per heavy atom. The van der Waals surface area contributed by atoms with E-state index >= 15 is 0 Å². The highest BCUT2D eigenvalue weighted by Gasteiger charge is 2.26. The van der Waals surface area contributed by atoms with Gasteiger partial charge in [0.1, 0.15) is 0 Å². The smallest absolute Gasteiger partial charge is 0.309 e. The number of carbonyl (C=O) groups excluding carboxylic acids is 2. The minimum absolute atomic E-state index is 0.0823. The Bertz CT molecular complexity index is 660. The number of carbonyl (C=O) groups is 2. The minimum atomic E-state index is -0.513. The Morgan fingerprint density at radius 2 is 1.59 bits per heavy atom. The van der Waals surface area contributed by atoms with Crippen molar-refractivity contribution in [1.29, 1.82) is 0 Å². The maximum Gasteiger partial charge on any atom is 0.309 e. The Morgan fingerprint density at radius 3 is 2.21 bits per heavy atom. The van der Waals surface area contributed by atoms with E-state index in [-0.39, 0.29) is 12.1 Å². The van der Waals surface area contributed by atoms with Crippen molar-refractivity contribution in [3.05, 3.63) is 35.4 Å². The van der Waals surface area contributed by atoms with Crippen molar-refractivity contribution < 1.29 is 9.59 Å². The molecule has 1 saturated heterocycles. The second kappa shape index (κ2) is 10.7. The minimum Gasteiger partial charge on any atom is -0.346 e. The van der Waals surface area contributed by atoms with Gasteiger partial charge in [0.25, 0.3) is 0 Å². The van der Waals surface area contributed by atoms with Gasteiger partial charge in [-0.3, -0.25) is 14.5 Å². The summed E-state index contributed by atoms with van der Waals surface area (Å²) in [6, 6.07) is 8.71. The number of likely N-dealkylation sites (N-methyl/N-ethyl adjacent to an activating group) is 1. The zero-order valence-corrected chi connectivity index (χ0v) is 18.0. The van der Waals surface area contributed by atoms with Crippen LogP contribution in [-0.2, 0) is 9.59 Å². The molecule has 0 spiro atoms. The molecule has 0 bridgehead atoms. The Hall–Kier alpha value is -1.92. The van der Waals surface area contributed by atoms with Gasteiger partial charge in [-0.05, 0) is 32.4 Å². The first-order chi connectivity index (χ1) is 14.0. The van der Waals surface area contributed by atoms with E-state index in [0.717, 1.165) is 51.9 Å². The van der Waals surface area contributed by atoms with Crippen LogP contribution in [0.25, 0.3) is 0 Å². The van der Waals surface area contributed by atoms with Gasteiger partial charge in [0.2, 0.25) is 0 Å². The maximum absolute atomic E-state index is 12.5. The van der Waals surface area contributed by atoms with Crippen LogP contribution in [0.3, 0.4) is 0 Å². The Kier molecular flexibility index (Phi) is 8.07. The van der Waals surface area contributed by atoms with Crippen LogP contribution in [0, 0.1) is 6.92 Å². The molecule has 1 aliphatic carbocycles. The topological polar surface area (TPSA) is 64.7 Å². The molecule has 29 heavy (non-hydrogen) atoms. The summed E-state index contributed by atoms with van der Waals surface area (Å²) in [6.45, 7) is 6.47. The van der Waals surface area contributed by atoms with Crippen molar-refractivity contribution in [2.75, 3.05) is 39.8 Å². The number of rotatable bonds is 5. The molecule has 2 amide bonds. The number of hydrogen-bond donors (Lipinski definition) is 2. The number of nitrogens with zero attached hydrogens (tertiary/aromatic N) is 2. The second-order valence-electron chi connectivity index (χ2n) is 8.64. The second-order valence-corrected chi connectivity index (χ2v) is 8.64. The molecule has 1 atom stereocenters. The summed E-state index contributed by atoms with van der Waals surface area (Å²) in [5.41, 5.74) is 2.40. The molecule has 2 fully saturated rings. The monoisotopic (exact) mass is 400 g/mol. The molecule has 6 nitrogen and oxygen atoms in total. The average molecular weight is 401 g/mol. The van der Waals surface area contributed by atoms with E-state index in [4.69, 9.17) is 0 Å². The SMILES string of the molecule is Cc1ccc(C(CNC(=O)C(=O)NC2CCCCCC2)N2CCN(C)CC2)cc1. The Balaban J connectivity index is 1.58. The first-order valence-corrected chi connectivity index (χ1v) is 11.1. The predicted octanol–water partition coefficient (Wildman–Crippen LogP) is 2.24. The van der Waals surface area contributed by atoms with Crippen molar-refractivity contribution >= 4 is 11.8 Å². The highest BCUT2D eigenvalue weighted by atomic mass is 16.2. The van der Waals surface area contributed by atoms with Crippen molar-refractivity contribution in [2.45, 2.75) is 57.5 Å². The molecule has 6 heteroatoms.